The number of nitrogens with one attached hydrogen (secondary N) is 1. The van der Waals surface area contributed by atoms with Gasteiger partial charge >= 0.3 is 6.09 Å². The van der Waals surface area contributed by atoms with E-state index in [2.05, 4.69) is 14.6 Å². The normalized spacial score (nSPS) is 11.4. The van der Waals surface area contributed by atoms with Gasteiger partial charge in [0.1, 0.15) is 6.61 Å². The molecule has 0 spiro atoms. The van der Waals surface area contributed by atoms with E-state index in [0.717, 1.165) is 11.3 Å². The van der Waals surface area contributed by atoms with Gasteiger partial charge < -0.3 is 15.8 Å². The second-order valence-electron chi connectivity index (χ2n) is 4.39. The van der Waals surface area contributed by atoms with Crippen molar-refractivity contribution in [1.82, 2.24) is 0 Å². The predicted octanol–water partition coefficient (Wildman–Crippen LogP) is 1.87. The zero-order valence-corrected chi connectivity index (χ0v) is 11.5. The average molecular weight is 269 g/mol. The standard InChI is InChI=1S/C12H17N2O3P/c1-12(2,10(15)18)14-9-5-3-8(4-6-9)7-17-11(13)16/h3-6,14H,7,18H2,1-2H3,(H2,13,16)/i/hD. The quantitative estimate of drug-likeness (QED) is 0.799. The van der Waals surface area contributed by atoms with Crippen LogP contribution in [0.25, 0.3) is 0 Å². The molecule has 1 amide bonds. The Morgan fingerprint density at radius 2 is 2.06 bits per heavy atom. The lowest BCUT2D eigenvalue weighted by atomic mass is 10.1. The van der Waals surface area contributed by atoms with Gasteiger partial charge in [-0.05, 0) is 31.5 Å². The van der Waals surface area contributed by atoms with Gasteiger partial charge in [-0.15, -0.1) is 0 Å². The van der Waals surface area contributed by atoms with E-state index in [4.69, 9.17) is 6.15 Å². The summed E-state index contributed by atoms with van der Waals surface area (Å²) in [6.45, 7) is 3.67. The first-order valence-electron chi connectivity index (χ1n) is 5.86. The molecule has 0 bridgehead atoms. The summed E-state index contributed by atoms with van der Waals surface area (Å²) >= 11 is 0. The van der Waals surface area contributed by atoms with Crippen LogP contribution in [-0.2, 0) is 16.1 Å². The minimum absolute atomic E-state index is 0.0352. The van der Waals surface area contributed by atoms with Gasteiger partial charge in [0.05, 0.1) is 5.54 Å². The van der Waals surface area contributed by atoms with Crippen molar-refractivity contribution in [2.75, 3.05) is 5.32 Å². The predicted molar refractivity (Wildman–Crippen MR) is 73.2 cm³/mol. The molecule has 0 aliphatic carbocycles. The first-order valence-corrected chi connectivity index (χ1v) is 5.94. The molecule has 1 aromatic rings. The van der Waals surface area contributed by atoms with Gasteiger partial charge in [0.25, 0.3) is 0 Å². The molecular formula is C12H17N2O3P. The summed E-state index contributed by atoms with van der Waals surface area (Å²) in [4.78, 5) is 22.1. The molecule has 0 aromatic heterocycles. The number of benzene rings is 1. The van der Waals surface area contributed by atoms with E-state index >= 15 is 0 Å². The molecule has 0 radical (unpaired) electrons. The van der Waals surface area contributed by atoms with E-state index in [1.54, 1.807) is 43.8 Å². The maximum absolute atomic E-state index is 11.4. The Morgan fingerprint density at radius 3 is 2.56 bits per heavy atom. The van der Waals surface area contributed by atoms with E-state index in [1.807, 2.05) is 0 Å². The highest BCUT2D eigenvalue weighted by molar-refractivity contribution is 7.40. The maximum atomic E-state index is 11.4. The van der Waals surface area contributed by atoms with Crippen molar-refractivity contribution < 1.29 is 15.7 Å². The Labute approximate surface area is 110 Å². The van der Waals surface area contributed by atoms with Gasteiger partial charge in [0.2, 0.25) is 0 Å². The molecule has 1 atom stereocenters. The number of amides is 1. The van der Waals surface area contributed by atoms with Crippen molar-refractivity contribution in [1.29, 1.82) is 0 Å². The molecule has 1 rings (SSSR count). The summed E-state index contributed by atoms with van der Waals surface area (Å²) in [6.07, 6.45) is -0.795. The summed E-state index contributed by atoms with van der Waals surface area (Å²) < 4.78 is 11.3. The van der Waals surface area contributed by atoms with Crippen molar-refractivity contribution >= 4 is 26.5 Å². The van der Waals surface area contributed by atoms with Crippen molar-refractivity contribution in [3.05, 3.63) is 29.8 Å². The summed E-state index contributed by atoms with van der Waals surface area (Å²) in [5, 5.41) is 3.10. The number of carbonyl (C=O) groups excluding carboxylic acids is 2. The number of carbonyl (C=O) groups is 2. The average Bonchev–Trinajstić information content (AvgIpc) is 2.37. The molecule has 3 N–H and O–H groups in total. The number of anilines is 1. The van der Waals surface area contributed by atoms with Crippen LogP contribution in [0.3, 0.4) is 0 Å². The second-order valence-corrected chi connectivity index (χ2v) is 4.91. The minimum Gasteiger partial charge on any atom is -0.445 e. The van der Waals surface area contributed by atoms with Gasteiger partial charge in [-0.1, -0.05) is 21.4 Å². The van der Waals surface area contributed by atoms with E-state index in [-0.39, 0.29) is 12.1 Å². The monoisotopic (exact) mass is 269 g/mol. The number of hydrogen-bond acceptors (Lipinski definition) is 4. The zero-order chi connectivity index (χ0) is 14.5. The first-order chi connectivity index (χ1) is 8.85. The third kappa shape index (κ3) is 4.34. The Kier molecular flexibility index (Phi) is 4.15. The van der Waals surface area contributed by atoms with Crippen LogP contribution in [-0.4, -0.2) is 17.2 Å². The van der Waals surface area contributed by atoms with Gasteiger partial charge in [0, 0.05) is 5.69 Å². The molecule has 6 heteroatoms. The number of ether oxygens (including phenoxy) is 1. The zero-order valence-electron chi connectivity index (χ0n) is 11.3. The minimum atomic E-state index is -0.795. The molecule has 98 valence electrons. The molecule has 0 saturated carbocycles. The lowest BCUT2D eigenvalue weighted by Crippen LogP contribution is -2.36. The van der Waals surface area contributed by atoms with E-state index in [1.165, 1.54) is 0 Å². The molecule has 0 aliphatic heterocycles. The van der Waals surface area contributed by atoms with Gasteiger partial charge in [-0.25, -0.2) is 4.79 Å². The van der Waals surface area contributed by atoms with Gasteiger partial charge in [-0.2, -0.15) is 0 Å². The van der Waals surface area contributed by atoms with E-state index in [9.17, 15) is 9.59 Å². The van der Waals surface area contributed by atoms with Gasteiger partial charge in [-0.3, -0.25) is 4.79 Å². The largest absolute Gasteiger partial charge is 0.445 e. The Bertz CT molecular complexity index is 463. The smallest absolute Gasteiger partial charge is 0.404 e. The van der Waals surface area contributed by atoms with E-state index < -0.39 is 11.6 Å². The topological polar surface area (TPSA) is 81.4 Å². The maximum Gasteiger partial charge on any atom is 0.404 e. The fourth-order valence-corrected chi connectivity index (χ4v) is 1.33. The molecule has 0 saturated heterocycles. The summed E-state index contributed by atoms with van der Waals surface area (Å²) in [5.41, 5.74) is 2.53. The Hall–Kier alpha value is -1.61. The fraction of sp³-hybridized carbons (Fsp3) is 0.333. The number of rotatable bonds is 5. The van der Waals surface area contributed by atoms with E-state index in [0.29, 0.717) is 0 Å². The van der Waals surface area contributed by atoms with Crippen LogP contribution in [0.15, 0.2) is 24.3 Å². The lowest BCUT2D eigenvalue weighted by Gasteiger charge is -2.24. The highest BCUT2D eigenvalue weighted by Gasteiger charge is 2.22. The number of hydrogen-bond donors (Lipinski definition) is 2. The highest BCUT2D eigenvalue weighted by atomic mass is 31.0. The Balaban J connectivity index is 2.62. The molecule has 0 aliphatic rings. The third-order valence-corrected chi connectivity index (χ3v) is 3.12. The molecule has 0 heterocycles. The lowest BCUT2D eigenvalue weighted by molar-refractivity contribution is -0.114. The van der Waals surface area contributed by atoms with Crippen molar-refractivity contribution in [2.45, 2.75) is 26.0 Å². The van der Waals surface area contributed by atoms with Crippen LogP contribution in [0.5, 0.6) is 0 Å². The van der Waals surface area contributed by atoms with Crippen LogP contribution in [0, 0.1) is 0 Å². The van der Waals surface area contributed by atoms with Crippen LogP contribution in [0.2, 0.25) is 1.41 Å². The summed E-state index contributed by atoms with van der Waals surface area (Å²) in [6, 6.07) is 7.16. The van der Waals surface area contributed by atoms with Crippen molar-refractivity contribution in [2.24, 2.45) is 5.73 Å². The van der Waals surface area contributed by atoms with Crippen LogP contribution >= 0.6 is 9.24 Å². The fourth-order valence-electron chi connectivity index (χ4n) is 1.26. The van der Waals surface area contributed by atoms with Crippen molar-refractivity contribution in [3.63, 3.8) is 0 Å². The molecule has 0 fully saturated rings. The number of primary amides is 1. The highest BCUT2D eigenvalue weighted by Crippen LogP contribution is 2.19. The van der Waals surface area contributed by atoms with Crippen LogP contribution in [0.1, 0.15) is 19.4 Å². The summed E-state index contributed by atoms with van der Waals surface area (Å²) in [7, 11) is 2.16. The molecular weight excluding hydrogens is 251 g/mol. The van der Waals surface area contributed by atoms with Crippen molar-refractivity contribution in [3.8, 4) is 0 Å². The third-order valence-electron chi connectivity index (χ3n) is 2.40. The molecule has 5 nitrogen and oxygen atoms in total. The Morgan fingerprint density at radius 1 is 1.44 bits per heavy atom. The number of nitrogens with two attached hydrogens (primary N) is 1. The molecule has 1 unspecified atom stereocenters. The van der Waals surface area contributed by atoms with Crippen LogP contribution < -0.4 is 11.0 Å². The molecule has 1 aromatic carbocycles. The van der Waals surface area contributed by atoms with Crippen LogP contribution in [0.4, 0.5) is 10.5 Å². The first kappa shape index (κ1) is 12.8. The second kappa shape index (κ2) is 5.83. The summed E-state index contributed by atoms with van der Waals surface area (Å²) in [5.74, 6) is 0. The van der Waals surface area contributed by atoms with Gasteiger partial charge in [0.15, 0.2) is 6.94 Å². The molecule has 18 heavy (non-hydrogen) atoms. The SMILES string of the molecule is [2H]NC(=O)OCc1ccc(NC(C)(C)C(=O)P)cc1.